The maximum Gasteiger partial charge on any atom is 0.357 e. The maximum absolute atomic E-state index is 13.1. The summed E-state index contributed by atoms with van der Waals surface area (Å²) < 4.78 is 4.99. The van der Waals surface area contributed by atoms with Crippen LogP contribution in [-0.2, 0) is 4.74 Å². The van der Waals surface area contributed by atoms with E-state index in [0.717, 1.165) is 22.7 Å². The van der Waals surface area contributed by atoms with E-state index < -0.39 is 5.97 Å². The molecule has 1 aliphatic rings. The molecule has 0 N–H and O–H groups in total. The molecule has 2 aromatic rings. The van der Waals surface area contributed by atoms with E-state index >= 15 is 0 Å². The van der Waals surface area contributed by atoms with Crippen molar-refractivity contribution in [3.63, 3.8) is 0 Å². The highest BCUT2D eigenvalue weighted by Gasteiger charge is 2.34. The first-order valence-corrected chi connectivity index (χ1v) is 10.8. The number of esters is 1. The van der Waals surface area contributed by atoms with Crippen molar-refractivity contribution in [3.05, 3.63) is 44.9 Å². The molecule has 1 fully saturated rings. The van der Waals surface area contributed by atoms with E-state index in [2.05, 4.69) is 4.98 Å². The number of amides is 1. The Hall–Kier alpha value is -1.57. The van der Waals surface area contributed by atoms with E-state index in [0.29, 0.717) is 29.4 Å². The average Bonchev–Trinajstić information content (AvgIpc) is 3.31. The topological polar surface area (TPSA) is 59.5 Å². The summed E-state index contributed by atoms with van der Waals surface area (Å²) in [6.07, 6.45) is 3.68. The van der Waals surface area contributed by atoms with Crippen LogP contribution < -0.4 is 0 Å². The number of carbonyl (C=O) groups is 2. The van der Waals surface area contributed by atoms with Gasteiger partial charge in [-0.2, -0.15) is 0 Å². The van der Waals surface area contributed by atoms with Crippen molar-refractivity contribution < 1.29 is 14.3 Å². The number of nitrogens with zero attached hydrogens (tertiary/aromatic N) is 2. The predicted molar refractivity (Wildman–Crippen MR) is 104 cm³/mol. The smallest absolute Gasteiger partial charge is 0.357 e. The van der Waals surface area contributed by atoms with Crippen molar-refractivity contribution in [3.8, 4) is 0 Å². The summed E-state index contributed by atoms with van der Waals surface area (Å²) in [5.41, 5.74) is 0.807. The predicted octanol–water partition coefficient (Wildman–Crippen LogP) is 4.67. The molecule has 138 valence electrons. The van der Waals surface area contributed by atoms with Crippen molar-refractivity contribution in [2.24, 2.45) is 0 Å². The number of thiazole rings is 1. The summed E-state index contributed by atoms with van der Waals surface area (Å²) in [7, 11) is 0. The van der Waals surface area contributed by atoms with E-state index in [-0.39, 0.29) is 11.9 Å². The third-order valence-corrected chi connectivity index (χ3v) is 6.21. The highest BCUT2D eigenvalue weighted by atomic mass is 35.5. The van der Waals surface area contributed by atoms with Gasteiger partial charge in [0, 0.05) is 16.8 Å². The second-order valence-electron chi connectivity index (χ2n) is 5.79. The van der Waals surface area contributed by atoms with E-state index in [4.69, 9.17) is 16.3 Å². The van der Waals surface area contributed by atoms with Crippen LogP contribution in [-0.4, -0.2) is 41.2 Å². The fourth-order valence-electron chi connectivity index (χ4n) is 2.96. The zero-order chi connectivity index (χ0) is 18.7. The van der Waals surface area contributed by atoms with Gasteiger partial charge in [-0.05, 0) is 44.2 Å². The Balaban J connectivity index is 1.84. The third-order valence-electron chi connectivity index (χ3n) is 4.21. The number of thioether (sulfide) groups is 1. The maximum atomic E-state index is 13.1. The molecule has 1 aromatic carbocycles. The number of halogens is 1. The fourth-order valence-corrected chi connectivity index (χ4v) is 4.53. The van der Waals surface area contributed by atoms with E-state index in [1.807, 2.05) is 18.4 Å². The summed E-state index contributed by atoms with van der Waals surface area (Å²) in [5, 5.41) is 2.90. The molecule has 1 saturated heterocycles. The molecule has 0 aliphatic carbocycles. The van der Waals surface area contributed by atoms with Gasteiger partial charge in [0.25, 0.3) is 5.91 Å². The standard InChI is InChI=1S/C18H19ClN2O3S2/c1-3-24-18(23)14-10-26-16(20-14)15-5-4-8-21(15)17(22)12-9-11(25-2)6-7-13(12)19/h6-7,9-10,15H,3-5,8H2,1-2H3. The molecule has 8 heteroatoms. The fraction of sp³-hybridized carbons (Fsp3) is 0.389. The number of rotatable bonds is 5. The number of aromatic nitrogens is 1. The second-order valence-corrected chi connectivity index (χ2v) is 7.97. The minimum atomic E-state index is -0.429. The van der Waals surface area contributed by atoms with Gasteiger partial charge in [-0.25, -0.2) is 9.78 Å². The largest absolute Gasteiger partial charge is 0.461 e. The molecule has 1 amide bonds. The quantitative estimate of drug-likeness (QED) is 0.529. The Labute approximate surface area is 165 Å². The summed E-state index contributed by atoms with van der Waals surface area (Å²) in [6, 6.07) is 5.35. The number of likely N-dealkylation sites (tertiary alicyclic amines) is 1. The molecule has 2 heterocycles. The molecule has 1 unspecified atom stereocenters. The molecule has 0 spiro atoms. The van der Waals surface area contributed by atoms with E-state index in [1.54, 1.807) is 35.0 Å². The molecular weight excluding hydrogens is 392 g/mol. The number of ether oxygens (including phenoxy) is 1. The zero-order valence-corrected chi connectivity index (χ0v) is 16.9. The van der Waals surface area contributed by atoms with Crippen LogP contribution in [0.15, 0.2) is 28.5 Å². The summed E-state index contributed by atoms with van der Waals surface area (Å²) in [4.78, 5) is 32.1. The molecule has 0 radical (unpaired) electrons. The zero-order valence-electron chi connectivity index (χ0n) is 14.5. The molecule has 0 bridgehead atoms. The summed E-state index contributed by atoms with van der Waals surface area (Å²) in [5.74, 6) is -0.525. The van der Waals surface area contributed by atoms with Crippen LogP contribution in [0.4, 0.5) is 0 Å². The average molecular weight is 411 g/mol. The molecule has 1 aliphatic heterocycles. The van der Waals surface area contributed by atoms with Crippen molar-refractivity contribution in [2.45, 2.75) is 30.7 Å². The van der Waals surface area contributed by atoms with Crippen molar-refractivity contribution in [1.29, 1.82) is 0 Å². The molecule has 0 saturated carbocycles. The Morgan fingerprint density at radius 1 is 1.46 bits per heavy atom. The van der Waals surface area contributed by atoms with Crippen LogP contribution in [0.25, 0.3) is 0 Å². The Kier molecular flexibility index (Phi) is 6.21. The van der Waals surface area contributed by atoms with Crippen LogP contribution in [0, 0.1) is 0 Å². The van der Waals surface area contributed by atoms with Gasteiger partial charge in [-0.15, -0.1) is 23.1 Å². The van der Waals surface area contributed by atoms with E-state index in [1.165, 1.54) is 11.3 Å². The Bertz CT molecular complexity index is 825. The Morgan fingerprint density at radius 2 is 2.27 bits per heavy atom. The van der Waals surface area contributed by atoms with Crippen LogP contribution in [0.3, 0.4) is 0 Å². The van der Waals surface area contributed by atoms with Crippen LogP contribution >= 0.6 is 34.7 Å². The minimum absolute atomic E-state index is 0.0960. The lowest BCUT2D eigenvalue weighted by atomic mass is 10.1. The van der Waals surface area contributed by atoms with Gasteiger partial charge in [0.2, 0.25) is 0 Å². The molecule has 26 heavy (non-hydrogen) atoms. The number of hydrogen-bond acceptors (Lipinski definition) is 6. The Morgan fingerprint density at radius 3 is 3.00 bits per heavy atom. The number of hydrogen-bond donors (Lipinski definition) is 0. The SMILES string of the molecule is CCOC(=O)c1csc(C2CCCN2C(=O)c2cc(SC)ccc2Cl)n1. The lowest BCUT2D eigenvalue weighted by molar-refractivity contribution is 0.0520. The first-order valence-electron chi connectivity index (χ1n) is 8.32. The van der Waals surface area contributed by atoms with Crippen LogP contribution in [0.2, 0.25) is 5.02 Å². The molecule has 5 nitrogen and oxygen atoms in total. The van der Waals surface area contributed by atoms with Gasteiger partial charge in [0.05, 0.1) is 23.2 Å². The van der Waals surface area contributed by atoms with Crippen molar-refractivity contribution in [2.75, 3.05) is 19.4 Å². The number of benzene rings is 1. The van der Waals surface area contributed by atoms with Crippen molar-refractivity contribution in [1.82, 2.24) is 9.88 Å². The van der Waals surface area contributed by atoms with Gasteiger partial charge in [0.1, 0.15) is 5.01 Å². The van der Waals surface area contributed by atoms with Gasteiger partial charge < -0.3 is 9.64 Å². The molecular formula is C18H19ClN2O3S2. The molecule has 1 aromatic heterocycles. The summed E-state index contributed by atoms with van der Waals surface area (Å²) in [6.45, 7) is 2.72. The summed E-state index contributed by atoms with van der Waals surface area (Å²) >= 11 is 9.22. The monoisotopic (exact) mass is 410 g/mol. The molecule has 3 rings (SSSR count). The van der Waals surface area contributed by atoms with Crippen LogP contribution in [0.5, 0.6) is 0 Å². The molecule has 1 atom stereocenters. The van der Waals surface area contributed by atoms with Gasteiger partial charge in [-0.3, -0.25) is 4.79 Å². The lowest BCUT2D eigenvalue weighted by Crippen LogP contribution is -2.30. The van der Waals surface area contributed by atoms with Gasteiger partial charge in [0.15, 0.2) is 5.69 Å². The normalized spacial score (nSPS) is 16.7. The van der Waals surface area contributed by atoms with E-state index in [9.17, 15) is 9.59 Å². The van der Waals surface area contributed by atoms with Gasteiger partial charge in [-0.1, -0.05) is 11.6 Å². The first kappa shape index (κ1) is 19.2. The minimum Gasteiger partial charge on any atom is -0.461 e. The number of carbonyl (C=O) groups excluding carboxylic acids is 2. The second kappa shape index (κ2) is 8.41. The highest BCUT2D eigenvalue weighted by molar-refractivity contribution is 7.98. The van der Waals surface area contributed by atoms with Crippen molar-refractivity contribution >= 4 is 46.6 Å². The van der Waals surface area contributed by atoms with Gasteiger partial charge >= 0.3 is 5.97 Å². The van der Waals surface area contributed by atoms with Crippen LogP contribution in [0.1, 0.15) is 51.7 Å². The third kappa shape index (κ3) is 3.89. The first-order chi connectivity index (χ1) is 12.5. The lowest BCUT2D eigenvalue weighted by Gasteiger charge is -2.23. The highest BCUT2D eigenvalue weighted by Crippen LogP contribution is 2.36.